The second-order valence-corrected chi connectivity index (χ2v) is 7.72. The summed E-state index contributed by atoms with van der Waals surface area (Å²) in [5.74, 6) is -2.03. The summed E-state index contributed by atoms with van der Waals surface area (Å²) in [5.41, 5.74) is 1.73. The van der Waals surface area contributed by atoms with E-state index in [1.165, 1.54) is 37.3 Å². The zero-order valence-electron chi connectivity index (χ0n) is 17.2. The van der Waals surface area contributed by atoms with Crippen molar-refractivity contribution in [1.82, 2.24) is 0 Å². The topological polar surface area (TPSA) is 18.5 Å². The number of hydrogen-bond donors (Lipinski definition) is 0. The average molecular weight is 422 g/mol. The van der Waals surface area contributed by atoms with Gasteiger partial charge in [-0.2, -0.15) is 13.2 Å². The van der Waals surface area contributed by atoms with E-state index >= 15 is 0 Å². The van der Waals surface area contributed by atoms with Gasteiger partial charge in [-0.25, -0.2) is 4.39 Å². The van der Waals surface area contributed by atoms with Crippen LogP contribution < -0.4 is 4.74 Å². The first kappa shape index (κ1) is 22.2. The molecular weight excluding hydrogens is 396 g/mol. The van der Waals surface area contributed by atoms with E-state index in [1.54, 1.807) is 12.1 Å². The van der Waals surface area contributed by atoms with E-state index in [4.69, 9.17) is 0 Å². The van der Waals surface area contributed by atoms with Crippen LogP contribution in [0.4, 0.5) is 17.6 Å². The number of methoxy groups -OCH3 is 1. The maximum atomic E-state index is 14.5. The Labute approximate surface area is 174 Å². The van der Waals surface area contributed by atoms with E-state index in [-0.39, 0.29) is 5.56 Å². The van der Waals surface area contributed by atoms with Gasteiger partial charge in [0.05, 0.1) is 7.11 Å². The molecule has 0 saturated heterocycles. The summed E-state index contributed by atoms with van der Waals surface area (Å²) < 4.78 is 63.6. The van der Waals surface area contributed by atoms with Crippen molar-refractivity contribution in [3.05, 3.63) is 65.6 Å². The third-order valence-corrected chi connectivity index (χ3v) is 5.82. The Morgan fingerprint density at radius 3 is 2.17 bits per heavy atom. The van der Waals surface area contributed by atoms with Gasteiger partial charge in [0.25, 0.3) is 0 Å². The molecule has 0 aliphatic heterocycles. The molecule has 1 aliphatic carbocycles. The monoisotopic (exact) mass is 422 g/mol. The standard InChI is InChI=1S/C24H26F4O2/c1-3-4-15-5-7-16(8-6-15)17-9-11-18(12-10-17)19-13-14-20(22(26)21(19)25)30-24(28)23(27)29-2/h9-16H,3-8H2,1-2H3/b24-23+. The van der Waals surface area contributed by atoms with E-state index in [2.05, 4.69) is 16.4 Å². The zero-order chi connectivity index (χ0) is 21.7. The van der Waals surface area contributed by atoms with Crippen LogP contribution in [-0.2, 0) is 4.74 Å². The molecule has 0 heterocycles. The predicted molar refractivity (Wildman–Crippen MR) is 108 cm³/mol. The highest BCUT2D eigenvalue weighted by atomic mass is 19.2. The van der Waals surface area contributed by atoms with Gasteiger partial charge in [0, 0.05) is 5.56 Å². The van der Waals surface area contributed by atoms with Crippen LogP contribution in [0.25, 0.3) is 11.1 Å². The van der Waals surface area contributed by atoms with Crippen molar-refractivity contribution in [2.75, 3.05) is 7.11 Å². The number of ether oxygens (including phenoxy) is 2. The molecule has 0 N–H and O–H groups in total. The van der Waals surface area contributed by atoms with Crippen molar-refractivity contribution in [2.24, 2.45) is 5.92 Å². The van der Waals surface area contributed by atoms with Crippen molar-refractivity contribution in [3.63, 3.8) is 0 Å². The van der Waals surface area contributed by atoms with Crippen LogP contribution in [0.3, 0.4) is 0 Å². The second kappa shape index (κ2) is 10.0. The fraction of sp³-hybridized carbons (Fsp3) is 0.417. The Morgan fingerprint density at radius 1 is 0.900 bits per heavy atom. The van der Waals surface area contributed by atoms with Crippen LogP contribution in [0, 0.1) is 17.6 Å². The fourth-order valence-corrected chi connectivity index (χ4v) is 4.18. The molecule has 6 heteroatoms. The van der Waals surface area contributed by atoms with E-state index in [9.17, 15) is 17.6 Å². The van der Waals surface area contributed by atoms with E-state index in [0.717, 1.165) is 31.9 Å². The highest BCUT2D eigenvalue weighted by molar-refractivity contribution is 5.65. The molecular formula is C24H26F4O2. The van der Waals surface area contributed by atoms with Crippen LogP contribution in [0.5, 0.6) is 5.75 Å². The average Bonchev–Trinajstić information content (AvgIpc) is 2.77. The van der Waals surface area contributed by atoms with Crippen molar-refractivity contribution >= 4 is 0 Å². The molecule has 1 saturated carbocycles. The quantitative estimate of drug-likeness (QED) is 0.335. The van der Waals surface area contributed by atoms with Crippen LogP contribution >= 0.6 is 0 Å². The van der Waals surface area contributed by atoms with E-state index in [0.29, 0.717) is 11.5 Å². The molecule has 0 amide bonds. The van der Waals surface area contributed by atoms with Gasteiger partial charge in [-0.3, -0.25) is 0 Å². The summed E-state index contributed by atoms with van der Waals surface area (Å²) in [4.78, 5) is 0. The predicted octanol–water partition coefficient (Wildman–Crippen LogP) is 7.80. The largest absolute Gasteiger partial charge is 0.470 e. The Morgan fingerprint density at radius 2 is 1.57 bits per heavy atom. The lowest BCUT2D eigenvalue weighted by Gasteiger charge is -2.28. The van der Waals surface area contributed by atoms with Gasteiger partial charge >= 0.3 is 12.0 Å². The molecule has 3 rings (SSSR count). The smallest absolute Gasteiger partial charge is 0.352 e. The summed E-state index contributed by atoms with van der Waals surface area (Å²) in [6.07, 6.45) is 7.27. The molecule has 0 radical (unpaired) electrons. The lowest BCUT2D eigenvalue weighted by Crippen LogP contribution is -2.13. The highest BCUT2D eigenvalue weighted by Crippen LogP contribution is 2.38. The lowest BCUT2D eigenvalue weighted by atomic mass is 9.77. The zero-order valence-corrected chi connectivity index (χ0v) is 17.2. The minimum atomic E-state index is -1.78. The van der Waals surface area contributed by atoms with Gasteiger partial charge in [-0.15, -0.1) is 0 Å². The molecule has 1 aliphatic rings. The lowest BCUT2D eigenvalue weighted by molar-refractivity contribution is 0.145. The molecule has 30 heavy (non-hydrogen) atoms. The maximum absolute atomic E-state index is 14.5. The van der Waals surface area contributed by atoms with Crippen LogP contribution in [0.1, 0.15) is 56.9 Å². The van der Waals surface area contributed by atoms with Crippen molar-refractivity contribution < 1.29 is 27.0 Å². The highest BCUT2D eigenvalue weighted by Gasteiger charge is 2.23. The fourth-order valence-electron chi connectivity index (χ4n) is 4.18. The first-order chi connectivity index (χ1) is 14.4. The number of rotatable bonds is 7. The normalized spacial score (nSPS) is 19.9. The number of hydrogen-bond acceptors (Lipinski definition) is 2. The summed E-state index contributed by atoms with van der Waals surface area (Å²) in [6.45, 7) is 2.22. The van der Waals surface area contributed by atoms with Gasteiger partial charge in [0.2, 0.25) is 5.82 Å². The van der Waals surface area contributed by atoms with Gasteiger partial charge in [-0.1, -0.05) is 44.0 Å². The second-order valence-electron chi connectivity index (χ2n) is 7.72. The molecule has 1 fully saturated rings. The Kier molecular flexibility index (Phi) is 7.40. The minimum Gasteiger partial charge on any atom is -0.470 e. The minimum absolute atomic E-state index is 0.0228. The van der Waals surface area contributed by atoms with E-state index in [1.807, 2.05) is 12.1 Å². The summed E-state index contributed by atoms with van der Waals surface area (Å²) in [7, 11) is 0.888. The van der Waals surface area contributed by atoms with Gasteiger partial charge in [0.15, 0.2) is 11.6 Å². The molecule has 162 valence electrons. The third kappa shape index (κ3) is 4.97. The SMILES string of the molecule is CCCC1CCC(c2ccc(-c3ccc(O/C(F)=C(\F)OC)c(F)c3F)cc2)CC1. The van der Waals surface area contributed by atoms with Crippen LogP contribution in [0.15, 0.2) is 48.4 Å². The molecule has 0 atom stereocenters. The molecule has 0 bridgehead atoms. The first-order valence-electron chi connectivity index (χ1n) is 10.3. The summed E-state index contributed by atoms with van der Waals surface area (Å²) in [6, 6.07) is 6.33. The van der Waals surface area contributed by atoms with Crippen LogP contribution in [0.2, 0.25) is 0 Å². The van der Waals surface area contributed by atoms with Crippen LogP contribution in [-0.4, -0.2) is 7.11 Å². The Bertz CT molecular complexity index is 885. The molecule has 2 aromatic carbocycles. The molecule has 0 spiro atoms. The van der Waals surface area contributed by atoms with Crippen molar-refractivity contribution in [3.8, 4) is 16.9 Å². The third-order valence-electron chi connectivity index (χ3n) is 5.82. The van der Waals surface area contributed by atoms with Crippen molar-refractivity contribution in [1.29, 1.82) is 0 Å². The Hall–Kier alpha value is -2.50. The first-order valence-corrected chi connectivity index (χ1v) is 10.3. The molecule has 2 aromatic rings. The van der Waals surface area contributed by atoms with Gasteiger partial charge < -0.3 is 9.47 Å². The maximum Gasteiger partial charge on any atom is 0.352 e. The summed E-state index contributed by atoms with van der Waals surface area (Å²) >= 11 is 0. The molecule has 0 unspecified atom stereocenters. The molecule has 2 nitrogen and oxygen atoms in total. The van der Waals surface area contributed by atoms with E-state index < -0.39 is 29.4 Å². The van der Waals surface area contributed by atoms with Gasteiger partial charge in [0.1, 0.15) is 0 Å². The Balaban J connectivity index is 1.74. The van der Waals surface area contributed by atoms with Gasteiger partial charge in [-0.05, 0) is 60.8 Å². The molecule has 0 aromatic heterocycles. The summed E-state index contributed by atoms with van der Waals surface area (Å²) in [5, 5.41) is 0. The number of halogens is 4. The number of benzene rings is 2. The van der Waals surface area contributed by atoms with Crippen molar-refractivity contribution in [2.45, 2.75) is 51.4 Å².